The predicted octanol–water partition coefficient (Wildman–Crippen LogP) is 5.85. The lowest BCUT2D eigenvalue weighted by molar-refractivity contribution is 0.384. The quantitative estimate of drug-likeness (QED) is 0.420. The van der Waals surface area contributed by atoms with Gasteiger partial charge in [-0.25, -0.2) is 13.4 Å². The third kappa shape index (κ3) is 5.54. The normalized spacial score (nSPS) is 15.7. The van der Waals surface area contributed by atoms with Gasteiger partial charge in [-0.05, 0) is 40.8 Å². The highest BCUT2D eigenvalue weighted by atomic mass is 35.5. The Labute approximate surface area is 210 Å². The van der Waals surface area contributed by atoms with Crippen molar-refractivity contribution >= 4 is 49.7 Å². The molecule has 1 aliphatic heterocycles. The van der Waals surface area contributed by atoms with E-state index >= 15 is 0 Å². The van der Waals surface area contributed by atoms with Gasteiger partial charge in [0, 0.05) is 48.0 Å². The summed E-state index contributed by atoms with van der Waals surface area (Å²) in [5, 5.41) is 4.17. The first-order chi connectivity index (χ1) is 15.5. The summed E-state index contributed by atoms with van der Waals surface area (Å²) < 4.78 is 27.8. The third-order valence-electron chi connectivity index (χ3n) is 5.79. The molecule has 0 bridgehead atoms. The van der Waals surface area contributed by atoms with E-state index < -0.39 is 10.0 Å². The molecule has 2 aromatic carbocycles. The van der Waals surface area contributed by atoms with E-state index in [4.69, 9.17) is 28.2 Å². The first-order valence-electron chi connectivity index (χ1n) is 10.8. The van der Waals surface area contributed by atoms with E-state index in [-0.39, 0.29) is 5.41 Å². The second-order valence-electron chi connectivity index (χ2n) is 9.20. The van der Waals surface area contributed by atoms with Crippen LogP contribution in [0.4, 0.5) is 5.13 Å². The Morgan fingerprint density at radius 2 is 1.67 bits per heavy atom. The van der Waals surface area contributed by atoms with Gasteiger partial charge >= 0.3 is 0 Å². The first kappa shape index (κ1) is 24.5. The van der Waals surface area contributed by atoms with Crippen molar-refractivity contribution in [3.8, 4) is 0 Å². The molecule has 0 N–H and O–H groups in total. The van der Waals surface area contributed by atoms with Crippen LogP contribution < -0.4 is 4.90 Å². The molecule has 5 nitrogen and oxygen atoms in total. The predicted molar refractivity (Wildman–Crippen MR) is 137 cm³/mol. The van der Waals surface area contributed by atoms with Gasteiger partial charge in [-0.3, -0.25) is 0 Å². The van der Waals surface area contributed by atoms with Crippen molar-refractivity contribution in [1.29, 1.82) is 0 Å². The zero-order chi connectivity index (χ0) is 23.8. The van der Waals surface area contributed by atoms with Crippen LogP contribution in [0.25, 0.3) is 0 Å². The summed E-state index contributed by atoms with van der Waals surface area (Å²) in [6, 6.07) is 12.7. The summed E-state index contributed by atoms with van der Waals surface area (Å²) in [7, 11) is -3.51. The number of sulfonamides is 1. The van der Waals surface area contributed by atoms with Gasteiger partial charge in [-0.15, -0.1) is 11.3 Å². The van der Waals surface area contributed by atoms with Crippen LogP contribution in [0.2, 0.25) is 10.0 Å². The molecule has 0 spiro atoms. The second-order valence-corrected chi connectivity index (χ2v) is 12.8. The average Bonchev–Trinajstić information content (AvgIpc) is 3.24. The van der Waals surface area contributed by atoms with Gasteiger partial charge in [-0.2, -0.15) is 4.31 Å². The lowest BCUT2D eigenvalue weighted by Crippen LogP contribution is -2.48. The highest BCUT2D eigenvalue weighted by Crippen LogP contribution is 2.29. The molecule has 0 saturated carbocycles. The lowest BCUT2D eigenvalue weighted by Gasteiger charge is -2.33. The van der Waals surface area contributed by atoms with Gasteiger partial charge in [0.15, 0.2) is 5.13 Å². The standard InChI is InChI=1S/C24H27Cl2N3O2S2/c1-24(2,3)18-5-8-21(9-6-18)33(30,31)29-12-10-28(11-13-29)23-27-20(16-32-23)14-17-4-7-19(25)15-22(17)26/h4-9,15-16H,10-14H2,1-3H3. The molecule has 176 valence electrons. The van der Waals surface area contributed by atoms with Gasteiger partial charge < -0.3 is 4.90 Å². The number of benzene rings is 2. The minimum atomic E-state index is -3.51. The maximum atomic E-state index is 13.1. The largest absolute Gasteiger partial charge is 0.345 e. The number of anilines is 1. The Hall–Kier alpha value is -1.64. The molecule has 1 aromatic heterocycles. The fourth-order valence-electron chi connectivity index (χ4n) is 3.78. The van der Waals surface area contributed by atoms with Crippen molar-refractivity contribution in [2.75, 3.05) is 31.1 Å². The van der Waals surface area contributed by atoms with E-state index in [1.54, 1.807) is 33.8 Å². The minimum Gasteiger partial charge on any atom is -0.345 e. The Morgan fingerprint density at radius 1 is 1.00 bits per heavy atom. The number of aromatic nitrogens is 1. The molecule has 0 radical (unpaired) electrons. The maximum Gasteiger partial charge on any atom is 0.243 e. The molecule has 0 unspecified atom stereocenters. The van der Waals surface area contributed by atoms with Crippen molar-refractivity contribution in [2.45, 2.75) is 37.5 Å². The van der Waals surface area contributed by atoms with Crippen LogP contribution in [0.3, 0.4) is 0 Å². The molecule has 33 heavy (non-hydrogen) atoms. The van der Waals surface area contributed by atoms with Crippen molar-refractivity contribution in [3.63, 3.8) is 0 Å². The summed E-state index contributed by atoms with van der Waals surface area (Å²) in [6.07, 6.45) is 0.630. The van der Waals surface area contributed by atoms with Crippen molar-refractivity contribution < 1.29 is 8.42 Å². The fraction of sp³-hybridized carbons (Fsp3) is 0.375. The van der Waals surface area contributed by atoms with Gasteiger partial charge in [0.25, 0.3) is 0 Å². The third-order valence-corrected chi connectivity index (χ3v) is 9.24. The van der Waals surface area contributed by atoms with Crippen LogP contribution in [0, 0.1) is 0 Å². The van der Waals surface area contributed by atoms with Crippen molar-refractivity contribution in [3.05, 3.63) is 74.7 Å². The van der Waals surface area contributed by atoms with Crippen LogP contribution in [0.5, 0.6) is 0 Å². The van der Waals surface area contributed by atoms with E-state index in [2.05, 4.69) is 25.7 Å². The van der Waals surface area contributed by atoms with E-state index in [1.807, 2.05) is 29.6 Å². The van der Waals surface area contributed by atoms with Crippen LogP contribution in [-0.2, 0) is 21.9 Å². The highest BCUT2D eigenvalue weighted by Gasteiger charge is 2.29. The Morgan fingerprint density at radius 3 is 2.27 bits per heavy atom. The summed E-state index contributed by atoms with van der Waals surface area (Å²) >= 11 is 13.8. The second kappa shape index (κ2) is 9.55. The molecule has 1 saturated heterocycles. The summed E-state index contributed by atoms with van der Waals surface area (Å²) in [5.74, 6) is 0. The minimum absolute atomic E-state index is 0.0145. The molecule has 0 amide bonds. The van der Waals surface area contributed by atoms with Crippen LogP contribution >= 0.6 is 34.5 Å². The van der Waals surface area contributed by atoms with Gasteiger partial charge in [0.05, 0.1) is 10.6 Å². The highest BCUT2D eigenvalue weighted by molar-refractivity contribution is 7.89. The van der Waals surface area contributed by atoms with Crippen LogP contribution in [0.15, 0.2) is 52.7 Å². The van der Waals surface area contributed by atoms with E-state index in [9.17, 15) is 8.42 Å². The number of rotatable bonds is 5. The molecule has 9 heteroatoms. The summed E-state index contributed by atoms with van der Waals surface area (Å²) in [4.78, 5) is 7.25. The number of thiazole rings is 1. The number of nitrogens with zero attached hydrogens (tertiary/aromatic N) is 3. The van der Waals surface area contributed by atoms with Crippen molar-refractivity contribution in [1.82, 2.24) is 9.29 Å². The Kier molecular flexibility index (Phi) is 7.08. The molecule has 2 heterocycles. The molecular weight excluding hydrogens is 497 g/mol. The number of piperazine rings is 1. The summed E-state index contributed by atoms with van der Waals surface area (Å²) in [5.41, 5.74) is 3.02. The van der Waals surface area contributed by atoms with E-state index in [0.717, 1.165) is 22.0 Å². The zero-order valence-corrected chi connectivity index (χ0v) is 22.0. The zero-order valence-electron chi connectivity index (χ0n) is 18.9. The molecule has 0 atom stereocenters. The number of hydrogen-bond acceptors (Lipinski definition) is 5. The lowest BCUT2D eigenvalue weighted by atomic mass is 9.87. The SMILES string of the molecule is CC(C)(C)c1ccc(S(=O)(=O)N2CCN(c3nc(Cc4ccc(Cl)cc4Cl)cs3)CC2)cc1. The van der Waals surface area contributed by atoms with Gasteiger partial charge in [-0.1, -0.05) is 62.2 Å². The van der Waals surface area contributed by atoms with Crippen LogP contribution in [0.1, 0.15) is 37.6 Å². The van der Waals surface area contributed by atoms with E-state index in [1.165, 1.54) is 0 Å². The first-order valence-corrected chi connectivity index (χ1v) is 13.9. The smallest absolute Gasteiger partial charge is 0.243 e. The average molecular weight is 525 g/mol. The Balaban J connectivity index is 1.39. The molecule has 0 aliphatic carbocycles. The maximum absolute atomic E-state index is 13.1. The molecule has 1 aliphatic rings. The van der Waals surface area contributed by atoms with Gasteiger partial charge in [0.1, 0.15) is 0 Å². The number of halogens is 2. The monoisotopic (exact) mass is 523 g/mol. The van der Waals surface area contributed by atoms with Crippen LogP contribution in [-0.4, -0.2) is 43.9 Å². The van der Waals surface area contributed by atoms with Gasteiger partial charge in [0.2, 0.25) is 10.0 Å². The number of hydrogen-bond donors (Lipinski definition) is 0. The molecule has 4 rings (SSSR count). The van der Waals surface area contributed by atoms with E-state index in [0.29, 0.717) is 47.5 Å². The fourth-order valence-corrected chi connectivity index (χ4v) is 6.56. The summed E-state index contributed by atoms with van der Waals surface area (Å²) in [6.45, 7) is 8.42. The topological polar surface area (TPSA) is 53.5 Å². The van der Waals surface area contributed by atoms with Crippen molar-refractivity contribution in [2.24, 2.45) is 0 Å². The molecule has 1 fully saturated rings. The molecule has 3 aromatic rings. The Bertz CT molecular complexity index is 1230. The molecular formula is C24H27Cl2N3O2S2.